The van der Waals surface area contributed by atoms with Gasteiger partial charge in [0.15, 0.2) is 0 Å². The highest BCUT2D eigenvalue weighted by molar-refractivity contribution is 6.40. The smallest absolute Gasteiger partial charge is 0.451 e. The van der Waals surface area contributed by atoms with Crippen LogP contribution in [0.4, 0.5) is 0 Å². The number of hydrogen-bond acceptors (Lipinski definition) is 5. The highest BCUT2D eigenvalue weighted by Crippen LogP contribution is 2.32. The van der Waals surface area contributed by atoms with E-state index < -0.39 is 18.6 Å². The number of rotatable bonds is 9. The van der Waals surface area contributed by atoms with Crippen LogP contribution in [0.1, 0.15) is 37.7 Å². The van der Waals surface area contributed by atoms with E-state index in [1.165, 1.54) is 16.3 Å². The maximum Gasteiger partial charge on any atom is 0.451 e. The van der Waals surface area contributed by atoms with Crippen molar-refractivity contribution in [3.63, 3.8) is 0 Å². The number of carboxylic acids is 1. The molecule has 2 aromatic carbocycles. The lowest BCUT2D eigenvalue weighted by Gasteiger charge is -2.40. The summed E-state index contributed by atoms with van der Waals surface area (Å²) >= 11 is 0. The summed E-state index contributed by atoms with van der Waals surface area (Å²) in [5.74, 6) is -1.01. The number of unbranched alkanes of at least 4 members (excludes halogenated alkanes) is 1. The predicted octanol–water partition coefficient (Wildman–Crippen LogP) is 3.32. The molecule has 3 rings (SSSR count). The summed E-state index contributed by atoms with van der Waals surface area (Å²) in [6.45, 7) is 2.52. The zero-order chi connectivity index (χ0) is 20.9. The number of piperidine rings is 1. The fourth-order valence-electron chi connectivity index (χ4n) is 4.43. The van der Waals surface area contributed by atoms with E-state index in [9.17, 15) is 9.90 Å². The maximum absolute atomic E-state index is 11.9. The third-order valence-electron chi connectivity index (χ3n) is 6.24. The minimum atomic E-state index is -1.34. The molecule has 1 heterocycles. The van der Waals surface area contributed by atoms with Crippen LogP contribution in [0.5, 0.6) is 0 Å². The normalized spacial score (nSPS) is 16.7. The fraction of sp³-hybridized carbons (Fsp3) is 0.500. The van der Waals surface area contributed by atoms with Gasteiger partial charge in [-0.3, -0.25) is 9.69 Å². The molecule has 1 unspecified atom stereocenters. The number of hydrogen-bond donors (Lipinski definition) is 4. The number of fused-ring (bicyclic) bond motifs is 1. The average molecular weight is 471 g/mol. The van der Waals surface area contributed by atoms with E-state index in [1.54, 1.807) is 0 Å². The van der Waals surface area contributed by atoms with E-state index in [0.29, 0.717) is 19.3 Å². The molecule has 31 heavy (non-hydrogen) atoms. The average Bonchev–Trinajstić information content (AvgIpc) is 2.71. The fourth-order valence-corrected chi connectivity index (χ4v) is 4.43. The maximum atomic E-state index is 11.9. The van der Waals surface area contributed by atoms with E-state index in [0.717, 1.165) is 32.5 Å². The molecule has 1 atom stereocenters. The third kappa shape index (κ3) is 7.34. The Bertz CT molecular complexity index is 834. The topological polar surface area (TPSA) is 107 Å². The summed E-state index contributed by atoms with van der Waals surface area (Å²) < 4.78 is 0. The predicted molar refractivity (Wildman–Crippen MR) is 130 cm³/mol. The van der Waals surface area contributed by atoms with Gasteiger partial charge >= 0.3 is 13.1 Å². The van der Waals surface area contributed by atoms with Gasteiger partial charge in [-0.15, -0.1) is 24.8 Å². The third-order valence-corrected chi connectivity index (χ3v) is 6.24. The molecular weight excluding hydrogens is 438 g/mol. The molecule has 1 aliphatic heterocycles. The minimum absolute atomic E-state index is 0. The Morgan fingerprint density at radius 2 is 1.71 bits per heavy atom. The molecule has 0 spiro atoms. The minimum Gasteiger partial charge on any atom is -0.480 e. The van der Waals surface area contributed by atoms with Gasteiger partial charge in [-0.1, -0.05) is 49.2 Å². The highest BCUT2D eigenvalue weighted by atomic mass is 35.5. The lowest BCUT2D eigenvalue weighted by Crippen LogP contribution is -2.56. The van der Waals surface area contributed by atoms with Gasteiger partial charge in [0.25, 0.3) is 0 Å². The monoisotopic (exact) mass is 470 g/mol. The van der Waals surface area contributed by atoms with Gasteiger partial charge in [0.2, 0.25) is 0 Å². The van der Waals surface area contributed by atoms with E-state index in [1.807, 2.05) is 12.1 Å². The van der Waals surface area contributed by atoms with E-state index in [4.69, 9.17) is 15.8 Å². The van der Waals surface area contributed by atoms with Gasteiger partial charge in [0, 0.05) is 6.54 Å². The number of aliphatic carboxylic acids is 1. The van der Waals surface area contributed by atoms with Crippen LogP contribution >= 0.6 is 24.8 Å². The summed E-state index contributed by atoms with van der Waals surface area (Å²) in [5.41, 5.74) is 6.37. The molecule has 172 valence electrons. The molecule has 0 bridgehead atoms. The Morgan fingerprint density at radius 3 is 2.32 bits per heavy atom. The Balaban J connectivity index is 0.00000240. The lowest BCUT2D eigenvalue weighted by atomic mass is 9.74. The van der Waals surface area contributed by atoms with Gasteiger partial charge in [-0.2, -0.15) is 0 Å². The number of likely N-dealkylation sites (tertiary alicyclic amines) is 1. The number of nitrogens with zero attached hydrogens (tertiary/aromatic N) is 1. The zero-order valence-electron chi connectivity index (χ0n) is 17.7. The Kier molecular flexibility index (Phi) is 11.3. The second-order valence-electron chi connectivity index (χ2n) is 8.30. The van der Waals surface area contributed by atoms with Gasteiger partial charge < -0.3 is 20.9 Å². The van der Waals surface area contributed by atoms with Crippen molar-refractivity contribution in [3.8, 4) is 0 Å². The molecule has 1 aliphatic rings. The molecule has 9 heteroatoms. The summed E-state index contributed by atoms with van der Waals surface area (Å²) in [7, 11) is -1.34. The zero-order valence-corrected chi connectivity index (χ0v) is 19.3. The van der Waals surface area contributed by atoms with Gasteiger partial charge in [-0.25, -0.2) is 0 Å². The molecule has 1 fully saturated rings. The van der Waals surface area contributed by atoms with Gasteiger partial charge in [-0.05, 0) is 67.0 Å². The van der Waals surface area contributed by atoms with Crippen LogP contribution in [0.3, 0.4) is 0 Å². The van der Waals surface area contributed by atoms with Crippen LogP contribution < -0.4 is 5.73 Å². The van der Waals surface area contributed by atoms with Crippen molar-refractivity contribution in [2.75, 3.05) is 13.1 Å². The summed E-state index contributed by atoms with van der Waals surface area (Å²) in [6, 6.07) is 14.9. The second-order valence-corrected chi connectivity index (χ2v) is 8.30. The van der Waals surface area contributed by atoms with Crippen LogP contribution in [-0.4, -0.2) is 51.8 Å². The SMILES string of the molecule is Cl.Cl.NC(CCCCB(O)O)(C(=O)O)C1CCN(Cc2ccc3ccccc3c2)CC1. The van der Waals surface area contributed by atoms with Crippen molar-refractivity contribution in [1.82, 2.24) is 4.90 Å². The van der Waals surface area contributed by atoms with Crippen molar-refractivity contribution in [3.05, 3.63) is 48.0 Å². The van der Waals surface area contributed by atoms with Crippen molar-refractivity contribution >= 4 is 48.7 Å². The molecule has 1 saturated heterocycles. The highest BCUT2D eigenvalue weighted by Gasteiger charge is 2.42. The quantitative estimate of drug-likeness (QED) is 0.330. The molecule has 2 aromatic rings. The van der Waals surface area contributed by atoms with E-state index >= 15 is 0 Å². The molecular formula is C22H33BCl2N2O4. The molecule has 6 nitrogen and oxygen atoms in total. The van der Waals surface area contributed by atoms with Crippen LogP contribution in [0.2, 0.25) is 6.32 Å². The lowest BCUT2D eigenvalue weighted by molar-refractivity contribution is -0.147. The molecule has 5 N–H and O–H groups in total. The standard InChI is InChI=1S/C22H31BN2O4.2ClH/c24-22(21(26)27,11-3-4-12-23(28)29)20-9-13-25(14-10-20)16-17-7-8-18-5-1-2-6-19(18)15-17;;/h1-2,5-8,15,20,28-29H,3-4,9-14,16,24H2,(H,26,27);2*1H. The van der Waals surface area contributed by atoms with E-state index in [2.05, 4.69) is 35.2 Å². The number of carbonyl (C=O) groups is 1. The Hall–Kier alpha value is -1.35. The van der Waals surface area contributed by atoms with E-state index in [-0.39, 0.29) is 37.1 Å². The van der Waals surface area contributed by atoms with Crippen molar-refractivity contribution in [2.45, 2.75) is 50.5 Å². The van der Waals surface area contributed by atoms with Crippen molar-refractivity contribution in [2.24, 2.45) is 11.7 Å². The van der Waals surface area contributed by atoms with Crippen LogP contribution in [0, 0.1) is 5.92 Å². The first-order valence-electron chi connectivity index (χ1n) is 10.5. The number of nitrogens with two attached hydrogens (primary N) is 1. The van der Waals surface area contributed by atoms with Crippen LogP contribution in [0.15, 0.2) is 42.5 Å². The Morgan fingerprint density at radius 1 is 1.06 bits per heavy atom. The molecule has 0 aliphatic carbocycles. The van der Waals surface area contributed by atoms with Crippen LogP contribution in [-0.2, 0) is 11.3 Å². The van der Waals surface area contributed by atoms with Gasteiger partial charge in [0.1, 0.15) is 5.54 Å². The van der Waals surface area contributed by atoms with Crippen molar-refractivity contribution < 1.29 is 19.9 Å². The number of benzene rings is 2. The first-order valence-corrected chi connectivity index (χ1v) is 10.5. The van der Waals surface area contributed by atoms with Crippen LogP contribution in [0.25, 0.3) is 10.8 Å². The summed E-state index contributed by atoms with van der Waals surface area (Å²) in [5, 5.41) is 30.1. The molecule has 0 saturated carbocycles. The molecule has 0 radical (unpaired) electrons. The largest absolute Gasteiger partial charge is 0.480 e. The van der Waals surface area contributed by atoms with Crippen molar-refractivity contribution in [1.29, 1.82) is 0 Å². The van der Waals surface area contributed by atoms with Gasteiger partial charge in [0.05, 0.1) is 0 Å². The molecule has 0 aromatic heterocycles. The Labute approximate surface area is 196 Å². The molecule has 0 amide bonds. The second kappa shape index (κ2) is 12.6. The number of carboxylic acid groups (broad SMARTS) is 1. The first kappa shape index (κ1) is 27.7. The first-order chi connectivity index (χ1) is 13.9. The number of halogens is 2. The summed E-state index contributed by atoms with van der Waals surface area (Å²) in [4.78, 5) is 14.3. The summed E-state index contributed by atoms with van der Waals surface area (Å²) in [6.07, 6.45) is 3.28.